The van der Waals surface area contributed by atoms with Gasteiger partial charge in [0.05, 0.1) is 13.2 Å². The van der Waals surface area contributed by atoms with Crippen LogP contribution in [0, 0.1) is 0 Å². The molecule has 17 heavy (non-hydrogen) atoms. The number of para-hydroxylation sites is 1. The molecule has 0 unspecified atom stereocenters. The number of rotatable bonds is 7. The Morgan fingerprint density at radius 3 is 2.76 bits per heavy atom. The highest BCUT2D eigenvalue weighted by Crippen LogP contribution is 2.31. The number of aromatic carboxylic acids is 1. The lowest BCUT2D eigenvalue weighted by Crippen LogP contribution is -2.08. The number of carbonyl (C=O) groups is 1. The summed E-state index contributed by atoms with van der Waals surface area (Å²) in [6.07, 6.45) is 1.97. The van der Waals surface area contributed by atoms with Crippen molar-refractivity contribution in [2.45, 2.75) is 6.92 Å². The molecule has 1 rings (SSSR count). The molecule has 0 spiro atoms. The molecule has 94 valence electrons. The van der Waals surface area contributed by atoms with Crippen LogP contribution in [0.4, 0.5) is 0 Å². The Balaban J connectivity index is 2.96. The molecule has 1 N–H and O–H groups in total. The lowest BCUT2D eigenvalue weighted by atomic mass is 10.2. The number of thioether (sulfide) groups is 1. The quantitative estimate of drug-likeness (QED) is 0.760. The number of ether oxygens (including phenoxy) is 2. The van der Waals surface area contributed by atoms with Crippen molar-refractivity contribution < 1.29 is 19.4 Å². The van der Waals surface area contributed by atoms with Crippen LogP contribution in [0.1, 0.15) is 17.3 Å². The summed E-state index contributed by atoms with van der Waals surface area (Å²) in [6.45, 7) is 2.78. The van der Waals surface area contributed by atoms with E-state index >= 15 is 0 Å². The minimum absolute atomic E-state index is 0.136. The Hall–Kier alpha value is -1.36. The SMILES string of the molecule is CCOc1cccc(C(=O)O)c1OCCSC. The molecule has 0 aliphatic heterocycles. The highest BCUT2D eigenvalue weighted by atomic mass is 32.2. The van der Waals surface area contributed by atoms with Crippen molar-refractivity contribution in [2.75, 3.05) is 25.2 Å². The summed E-state index contributed by atoms with van der Waals surface area (Å²) in [6, 6.07) is 4.87. The fourth-order valence-corrected chi connectivity index (χ4v) is 1.58. The van der Waals surface area contributed by atoms with Crippen molar-refractivity contribution in [1.29, 1.82) is 0 Å². The van der Waals surface area contributed by atoms with E-state index in [1.807, 2.05) is 13.2 Å². The summed E-state index contributed by atoms with van der Waals surface area (Å²) in [7, 11) is 0. The standard InChI is InChI=1S/C12H16O4S/c1-3-15-10-6-4-5-9(12(13)14)11(10)16-7-8-17-2/h4-6H,3,7-8H2,1-2H3,(H,13,14). The van der Waals surface area contributed by atoms with Gasteiger partial charge in [0.2, 0.25) is 0 Å². The van der Waals surface area contributed by atoms with E-state index in [1.54, 1.807) is 23.9 Å². The van der Waals surface area contributed by atoms with Gasteiger partial charge in [-0.3, -0.25) is 0 Å². The predicted molar refractivity (Wildman–Crippen MR) is 68.4 cm³/mol. The number of hydrogen-bond donors (Lipinski definition) is 1. The molecule has 0 aromatic heterocycles. The van der Waals surface area contributed by atoms with Crippen molar-refractivity contribution in [1.82, 2.24) is 0 Å². The summed E-state index contributed by atoms with van der Waals surface area (Å²) in [5, 5.41) is 9.07. The molecule has 0 fully saturated rings. The van der Waals surface area contributed by atoms with Crippen LogP contribution in [0.3, 0.4) is 0 Å². The molecule has 5 heteroatoms. The molecule has 0 saturated carbocycles. The fourth-order valence-electron chi connectivity index (χ4n) is 1.33. The van der Waals surface area contributed by atoms with Crippen molar-refractivity contribution in [3.05, 3.63) is 23.8 Å². The Morgan fingerprint density at radius 2 is 2.18 bits per heavy atom. The maximum Gasteiger partial charge on any atom is 0.339 e. The number of hydrogen-bond acceptors (Lipinski definition) is 4. The molecule has 4 nitrogen and oxygen atoms in total. The highest BCUT2D eigenvalue weighted by Gasteiger charge is 2.16. The van der Waals surface area contributed by atoms with Gasteiger partial charge in [-0.2, -0.15) is 11.8 Å². The summed E-state index contributed by atoms with van der Waals surface area (Å²) in [5.74, 6) is 0.592. The van der Waals surface area contributed by atoms with Crippen LogP contribution in [-0.4, -0.2) is 36.3 Å². The van der Waals surface area contributed by atoms with Gasteiger partial charge in [-0.1, -0.05) is 6.07 Å². The monoisotopic (exact) mass is 256 g/mol. The molecule has 0 atom stereocenters. The van der Waals surface area contributed by atoms with Crippen LogP contribution in [0.5, 0.6) is 11.5 Å². The zero-order valence-electron chi connectivity index (χ0n) is 9.93. The average Bonchev–Trinajstić information content (AvgIpc) is 2.31. The van der Waals surface area contributed by atoms with Gasteiger partial charge in [0.1, 0.15) is 5.56 Å². The molecule has 0 aliphatic carbocycles. The van der Waals surface area contributed by atoms with Crippen molar-refractivity contribution in [3.63, 3.8) is 0 Å². The Kier molecular flexibility index (Phi) is 5.69. The zero-order chi connectivity index (χ0) is 12.7. The van der Waals surface area contributed by atoms with Crippen LogP contribution in [-0.2, 0) is 0 Å². The predicted octanol–water partition coefficient (Wildman–Crippen LogP) is 2.53. The molecule has 0 bridgehead atoms. The zero-order valence-corrected chi connectivity index (χ0v) is 10.8. The van der Waals surface area contributed by atoms with E-state index < -0.39 is 5.97 Å². The summed E-state index contributed by atoms with van der Waals surface area (Å²) in [5.41, 5.74) is 0.136. The summed E-state index contributed by atoms with van der Waals surface area (Å²) >= 11 is 1.64. The van der Waals surface area contributed by atoms with E-state index in [-0.39, 0.29) is 5.56 Å². The molecule has 0 saturated heterocycles. The smallest absolute Gasteiger partial charge is 0.339 e. The number of carboxylic acids is 1. The van der Waals surface area contributed by atoms with Crippen molar-refractivity contribution >= 4 is 17.7 Å². The lowest BCUT2D eigenvalue weighted by molar-refractivity contribution is 0.0691. The first kappa shape index (κ1) is 13.7. The Morgan fingerprint density at radius 1 is 1.41 bits per heavy atom. The maximum atomic E-state index is 11.1. The molecular formula is C12H16O4S. The third kappa shape index (κ3) is 3.85. The topological polar surface area (TPSA) is 55.8 Å². The normalized spacial score (nSPS) is 10.0. The van der Waals surface area contributed by atoms with Crippen molar-refractivity contribution in [2.24, 2.45) is 0 Å². The van der Waals surface area contributed by atoms with Crippen LogP contribution >= 0.6 is 11.8 Å². The first-order chi connectivity index (χ1) is 8.20. The Bertz CT molecular complexity index is 379. The molecule has 0 amide bonds. The van der Waals surface area contributed by atoms with Gasteiger partial charge in [-0.15, -0.1) is 0 Å². The van der Waals surface area contributed by atoms with E-state index in [0.29, 0.717) is 24.7 Å². The molecular weight excluding hydrogens is 240 g/mol. The lowest BCUT2D eigenvalue weighted by Gasteiger charge is -2.13. The summed E-state index contributed by atoms with van der Waals surface area (Å²) in [4.78, 5) is 11.1. The van der Waals surface area contributed by atoms with Gasteiger partial charge in [0.25, 0.3) is 0 Å². The minimum Gasteiger partial charge on any atom is -0.490 e. The first-order valence-electron chi connectivity index (χ1n) is 5.31. The van der Waals surface area contributed by atoms with Gasteiger partial charge < -0.3 is 14.6 Å². The first-order valence-corrected chi connectivity index (χ1v) is 6.71. The average molecular weight is 256 g/mol. The molecule has 1 aromatic rings. The maximum absolute atomic E-state index is 11.1. The number of benzene rings is 1. The van der Waals surface area contributed by atoms with E-state index in [0.717, 1.165) is 5.75 Å². The fraction of sp³-hybridized carbons (Fsp3) is 0.417. The largest absolute Gasteiger partial charge is 0.490 e. The minimum atomic E-state index is -1.01. The van der Waals surface area contributed by atoms with Gasteiger partial charge in [0, 0.05) is 5.75 Å². The van der Waals surface area contributed by atoms with Gasteiger partial charge in [-0.05, 0) is 25.3 Å². The summed E-state index contributed by atoms with van der Waals surface area (Å²) < 4.78 is 10.9. The second-order valence-electron chi connectivity index (χ2n) is 3.21. The molecule has 0 radical (unpaired) electrons. The molecule has 0 aliphatic rings. The van der Waals surface area contributed by atoms with Crippen LogP contribution in [0.2, 0.25) is 0 Å². The Labute approximate surface area is 105 Å². The highest BCUT2D eigenvalue weighted by molar-refractivity contribution is 7.98. The van der Waals surface area contributed by atoms with Crippen LogP contribution < -0.4 is 9.47 Å². The van der Waals surface area contributed by atoms with E-state index in [9.17, 15) is 4.79 Å². The third-order valence-corrected chi connectivity index (χ3v) is 2.62. The second kappa shape index (κ2) is 7.06. The van der Waals surface area contributed by atoms with Crippen molar-refractivity contribution in [3.8, 4) is 11.5 Å². The van der Waals surface area contributed by atoms with Gasteiger partial charge >= 0.3 is 5.97 Å². The number of carboxylic acid groups (broad SMARTS) is 1. The van der Waals surface area contributed by atoms with Gasteiger partial charge in [-0.25, -0.2) is 4.79 Å². The van der Waals surface area contributed by atoms with E-state index in [2.05, 4.69) is 0 Å². The van der Waals surface area contributed by atoms with Crippen LogP contribution in [0.25, 0.3) is 0 Å². The molecule has 0 heterocycles. The molecule has 1 aromatic carbocycles. The van der Waals surface area contributed by atoms with Gasteiger partial charge in [0.15, 0.2) is 11.5 Å². The third-order valence-electron chi connectivity index (χ3n) is 2.04. The second-order valence-corrected chi connectivity index (χ2v) is 4.20. The van der Waals surface area contributed by atoms with E-state index in [1.165, 1.54) is 6.07 Å². The van der Waals surface area contributed by atoms with Crippen LogP contribution in [0.15, 0.2) is 18.2 Å². The van der Waals surface area contributed by atoms with E-state index in [4.69, 9.17) is 14.6 Å².